The second-order valence-corrected chi connectivity index (χ2v) is 7.31. The lowest BCUT2D eigenvalue weighted by atomic mass is 9.97. The van der Waals surface area contributed by atoms with Crippen molar-refractivity contribution in [3.05, 3.63) is 29.3 Å². The number of likely N-dealkylation sites (tertiary alicyclic amines) is 1. The molecule has 1 saturated heterocycles. The lowest BCUT2D eigenvalue weighted by Crippen LogP contribution is -2.47. The third-order valence-electron chi connectivity index (χ3n) is 4.77. The Morgan fingerprint density at radius 3 is 2.79 bits per heavy atom. The smallest absolute Gasteiger partial charge is 0.263 e. The molecule has 134 valence electrons. The number of ether oxygens (including phenoxy) is 1. The van der Waals surface area contributed by atoms with Crippen molar-refractivity contribution < 1.29 is 9.53 Å². The molecule has 1 aliphatic rings. The highest BCUT2D eigenvalue weighted by Gasteiger charge is 2.28. The first-order valence-electron chi connectivity index (χ1n) is 9.13. The van der Waals surface area contributed by atoms with Crippen LogP contribution in [-0.4, -0.2) is 43.6 Å². The second kappa shape index (κ2) is 8.52. The van der Waals surface area contributed by atoms with Crippen molar-refractivity contribution in [2.75, 3.05) is 26.7 Å². The maximum Gasteiger partial charge on any atom is 0.263 e. The Bertz CT molecular complexity index is 555. The van der Waals surface area contributed by atoms with Gasteiger partial charge in [-0.05, 0) is 69.3 Å². The molecule has 0 aliphatic carbocycles. The molecule has 4 nitrogen and oxygen atoms in total. The minimum Gasteiger partial charge on any atom is -0.481 e. The van der Waals surface area contributed by atoms with Gasteiger partial charge in [-0.2, -0.15) is 0 Å². The molecule has 1 N–H and O–H groups in total. The molecule has 1 amide bonds. The Balaban J connectivity index is 2.05. The monoisotopic (exact) mass is 332 g/mol. The molecule has 0 unspecified atom stereocenters. The van der Waals surface area contributed by atoms with Crippen molar-refractivity contribution in [1.29, 1.82) is 0 Å². The van der Waals surface area contributed by atoms with E-state index in [1.807, 2.05) is 24.9 Å². The van der Waals surface area contributed by atoms with Gasteiger partial charge in [-0.1, -0.05) is 26.0 Å². The Kier molecular flexibility index (Phi) is 6.67. The van der Waals surface area contributed by atoms with Gasteiger partial charge in [0.2, 0.25) is 0 Å². The standard InChI is InChI=1S/C20H32N2O2/c1-14(2)18-9-8-15(3)11-19(18)24-16(4)20(23)22-10-6-7-17(13-22)12-21-5/h8-9,11,14,16-17,21H,6-7,10,12-13H2,1-5H3/t16-,17-/m1/s1. The van der Waals surface area contributed by atoms with E-state index in [4.69, 9.17) is 4.74 Å². The number of hydrogen-bond donors (Lipinski definition) is 1. The topological polar surface area (TPSA) is 41.6 Å². The third-order valence-corrected chi connectivity index (χ3v) is 4.77. The highest BCUT2D eigenvalue weighted by molar-refractivity contribution is 5.81. The highest BCUT2D eigenvalue weighted by atomic mass is 16.5. The van der Waals surface area contributed by atoms with Crippen LogP contribution in [0.25, 0.3) is 0 Å². The van der Waals surface area contributed by atoms with Gasteiger partial charge < -0.3 is 15.0 Å². The molecule has 1 aromatic rings. The SMILES string of the molecule is CNC[C@H]1CCCN(C(=O)[C@@H](C)Oc2cc(C)ccc2C(C)C)C1. The van der Waals surface area contributed by atoms with E-state index in [-0.39, 0.29) is 5.91 Å². The van der Waals surface area contributed by atoms with Gasteiger partial charge in [0.1, 0.15) is 5.75 Å². The van der Waals surface area contributed by atoms with Crippen LogP contribution in [0.2, 0.25) is 0 Å². The van der Waals surface area contributed by atoms with Gasteiger partial charge in [0.25, 0.3) is 5.91 Å². The molecule has 24 heavy (non-hydrogen) atoms. The summed E-state index contributed by atoms with van der Waals surface area (Å²) in [6.45, 7) is 10.9. The fourth-order valence-electron chi connectivity index (χ4n) is 3.44. The summed E-state index contributed by atoms with van der Waals surface area (Å²) in [5.74, 6) is 1.87. The van der Waals surface area contributed by atoms with Gasteiger partial charge in [0.15, 0.2) is 6.10 Å². The quantitative estimate of drug-likeness (QED) is 0.869. The first-order valence-corrected chi connectivity index (χ1v) is 9.13. The molecule has 0 spiro atoms. The largest absolute Gasteiger partial charge is 0.481 e. The number of amides is 1. The minimum absolute atomic E-state index is 0.104. The summed E-state index contributed by atoms with van der Waals surface area (Å²) >= 11 is 0. The summed E-state index contributed by atoms with van der Waals surface area (Å²) in [5, 5.41) is 3.22. The molecular weight excluding hydrogens is 300 g/mol. The molecule has 1 fully saturated rings. The predicted octanol–water partition coefficient (Wildman–Crippen LogP) is 3.34. The summed E-state index contributed by atoms with van der Waals surface area (Å²) in [4.78, 5) is 14.8. The Labute approximate surface area is 146 Å². The van der Waals surface area contributed by atoms with E-state index in [0.717, 1.165) is 42.9 Å². The molecule has 0 aromatic heterocycles. The van der Waals surface area contributed by atoms with Crippen molar-refractivity contribution >= 4 is 5.91 Å². The van der Waals surface area contributed by atoms with E-state index in [9.17, 15) is 4.79 Å². The normalized spacial score (nSPS) is 19.4. The van der Waals surface area contributed by atoms with Crippen LogP contribution in [0, 0.1) is 12.8 Å². The molecule has 1 heterocycles. The molecule has 0 bridgehead atoms. The maximum atomic E-state index is 12.8. The summed E-state index contributed by atoms with van der Waals surface area (Å²) in [6, 6.07) is 6.25. The Morgan fingerprint density at radius 1 is 1.38 bits per heavy atom. The Hall–Kier alpha value is -1.55. The van der Waals surface area contributed by atoms with E-state index >= 15 is 0 Å². The zero-order valence-electron chi connectivity index (χ0n) is 15.8. The molecule has 2 atom stereocenters. The number of benzene rings is 1. The zero-order chi connectivity index (χ0) is 17.7. The average molecular weight is 332 g/mol. The molecule has 1 aromatic carbocycles. The number of hydrogen-bond acceptors (Lipinski definition) is 3. The average Bonchev–Trinajstić information content (AvgIpc) is 2.54. The van der Waals surface area contributed by atoms with E-state index in [2.05, 4.69) is 38.2 Å². The molecule has 1 aliphatic heterocycles. The summed E-state index contributed by atoms with van der Waals surface area (Å²) in [5.41, 5.74) is 2.31. The van der Waals surface area contributed by atoms with Gasteiger partial charge in [0.05, 0.1) is 0 Å². The van der Waals surface area contributed by atoms with E-state index < -0.39 is 6.10 Å². The number of carbonyl (C=O) groups is 1. The minimum atomic E-state index is -0.447. The molecule has 2 rings (SSSR count). The van der Waals surface area contributed by atoms with E-state index in [1.54, 1.807) is 0 Å². The third kappa shape index (κ3) is 4.73. The van der Waals surface area contributed by atoms with Crippen LogP contribution in [0.3, 0.4) is 0 Å². The van der Waals surface area contributed by atoms with Gasteiger partial charge in [-0.3, -0.25) is 4.79 Å². The van der Waals surface area contributed by atoms with Crippen LogP contribution in [-0.2, 0) is 4.79 Å². The number of carbonyl (C=O) groups excluding carboxylic acids is 1. The number of nitrogens with zero attached hydrogens (tertiary/aromatic N) is 1. The van der Waals surface area contributed by atoms with Crippen LogP contribution in [0.15, 0.2) is 18.2 Å². The van der Waals surface area contributed by atoms with Crippen LogP contribution in [0.1, 0.15) is 50.7 Å². The molecule has 0 radical (unpaired) electrons. The number of rotatable bonds is 6. The van der Waals surface area contributed by atoms with Crippen molar-refractivity contribution in [2.24, 2.45) is 5.92 Å². The fraction of sp³-hybridized carbons (Fsp3) is 0.650. The van der Waals surface area contributed by atoms with Crippen LogP contribution in [0.5, 0.6) is 5.75 Å². The summed E-state index contributed by atoms with van der Waals surface area (Å²) < 4.78 is 6.09. The second-order valence-electron chi connectivity index (χ2n) is 7.31. The van der Waals surface area contributed by atoms with E-state index in [0.29, 0.717) is 11.8 Å². The van der Waals surface area contributed by atoms with Gasteiger partial charge in [-0.15, -0.1) is 0 Å². The van der Waals surface area contributed by atoms with Crippen molar-refractivity contribution in [1.82, 2.24) is 10.2 Å². The van der Waals surface area contributed by atoms with E-state index in [1.165, 1.54) is 6.42 Å². The van der Waals surface area contributed by atoms with Crippen LogP contribution in [0.4, 0.5) is 0 Å². The number of aryl methyl sites for hydroxylation is 1. The lowest BCUT2D eigenvalue weighted by Gasteiger charge is -2.34. The van der Waals surface area contributed by atoms with Crippen molar-refractivity contribution in [2.45, 2.75) is 52.6 Å². The number of nitrogens with one attached hydrogen (secondary N) is 1. The summed E-state index contributed by atoms with van der Waals surface area (Å²) in [6.07, 6.45) is 1.82. The zero-order valence-corrected chi connectivity index (χ0v) is 15.8. The summed E-state index contributed by atoms with van der Waals surface area (Å²) in [7, 11) is 1.97. The fourth-order valence-corrected chi connectivity index (χ4v) is 3.44. The van der Waals surface area contributed by atoms with Crippen LogP contribution >= 0.6 is 0 Å². The van der Waals surface area contributed by atoms with Gasteiger partial charge in [0, 0.05) is 13.1 Å². The first-order chi connectivity index (χ1) is 11.4. The van der Waals surface area contributed by atoms with Gasteiger partial charge in [-0.25, -0.2) is 0 Å². The van der Waals surface area contributed by atoms with Gasteiger partial charge >= 0.3 is 0 Å². The van der Waals surface area contributed by atoms with Crippen molar-refractivity contribution in [3.63, 3.8) is 0 Å². The Morgan fingerprint density at radius 2 is 2.12 bits per heavy atom. The van der Waals surface area contributed by atoms with Crippen molar-refractivity contribution in [3.8, 4) is 5.75 Å². The predicted molar refractivity (Wildman–Crippen MR) is 98.6 cm³/mol. The van der Waals surface area contributed by atoms with Crippen LogP contribution < -0.4 is 10.1 Å². The molecule has 4 heteroatoms. The molecule has 0 saturated carbocycles. The lowest BCUT2D eigenvalue weighted by molar-refractivity contribution is -0.139. The highest BCUT2D eigenvalue weighted by Crippen LogP contribution is 2.29. The molecular formula is C20H32N2O2. The maximum absolute atomic E-state index is 12.8. The number of piperidine rings is 1. The first kappa shape index (κ1) is 18.8.